The first kappa shape index (κ1) is 20.7. The van der Waals surface area contributed by atoms with Crippen molar-refractivity contribution in [1.29, 1.82) is 0 Å². The molecule has 0 aromatic heterocycles. The van der Waals surface area contributed by atoms with Crippen molar-refractivity contribution in [3.63, 3.8) is 0 Å². The first-order valence-corrected chi connectivity index (χ1v) is 9.13. The standard InChI is InChI=1S/C23H22N2O5/c1-28-18-10-6-16(7-11-18)22(26)24-17-8-4-15(5-9-17)23(27)25-20-13-12-19(29-2)14-21(20)30-3/h4-14H,1-3H3,(H,24,26)(H,25,27). The molecule has 3 aromatic rings. The van der Waals surface area contributed by atoms with E-state index in [0.717, 1.165) is 0 Å². The van der Waals surface area contributed by atoms with Gasteiger partial charge in [-0.15, -0.1) is 0 Å². The molecule has 7 nitrogen and oxygen atoms in total. The summed E-state index contributed by atoms with van der Waals surface area (Å²) in [6.07, 6.45) is 0. The van der Waals surface area contributed by atoms with E-state index < -0.39 is 0 Å². The van der Waals surface area contributed by atoms with E-state index in [1.54, 1.807) is 80.9 Å². The first-order chi connectivity index (χ1) is 14.5. The molecule has 3 rings (SSSR count). The summed E-state index contributed by atoms with van der Waals surface area (Å²) in [5.41, 5.74) is 2.05. The van der Waals surface area contributed by atoms with Crippen LogP contribution in [0.25, 0.3) is 0 Å². The number of hydrogen-bond donors (Lipinski definition) is 2. The lowest BCUT2D eigenvalue weighted by Crippen LogP contribution is -2.14. The number of carbonyl (C=O) groups is 2. The van der Waals surface area contributed by atoms with Crippen molar-refractivity contribution in [2.24, 2.45) is 0 Å². The summed E-state index contributed by atoms with van der Waals surface area (Å²) in [7, 11) is 4.64. The van der Waals surface area contributed by atoms with Gasteiger partial charge in [-0.25, -0.2) is 0 Å². The van der Waals surface area contributed by atoms with Gasteiger partial charge in [0.25, 0.3) is 11.8 Å². The average Bonchev–Trinajstić information content (AvgIpc) is 2.79. The largest absolute Gasteiger partial charge is 0.497 e. The second-order valence-electron chi connectivity index (χ2n) is 6.28. The van der Waals surface area contributed by atoms with Crippen LogP contribution < -0.4 is 24.8 Å². The monoisotopic (exact) mass is 406 g/mol. The molecule has 0 aliphatic heterocycles. The average molecular weight is 406 g/mol. The second kappa shape index (κ2) is 9.47. The van der Waals surface area contributed by atoms with Gasteiger partial charge < -0.3 is 24.8 Å². The van der Waals surface area contributed by atoms with Crippen LogP contribution in [-0.4, -0.2) is 33.1 Å². The van der Waals surface area contributed by atoms with E-state index in [1.807, 2.05) is 0 Å². The van der Waals surface area contributed by atoms with Crippen molar-refractivity contribution in [3.05, 3.63) is 77.9 Å². The van der Waals surface area contributed by atoms with Crippen molar-refractivity contribution < 1.29 is 23.8 Å². The molecule has 30 heavy (non-hydrogen) atoms. The fourth-order valence-electron chi connectivity index (χ4n) is 2.75. The summed E-state index contributed by atoms with van der Waals surface area (Å²) < 4.78 is 15.5. The third kappa shape index (κ3) is 4.88. The molecule has 0 aliphatic carbocycles. The van der Waals surface area contributed by atoms with Gasteiger partial charge in [0.1, 0.15) is 17.2 Å². The maximum absolute atomic E-state index is 12.6. The fourth-order valence-corrected chi connectivity index (χ4v) is 2.75. The number of hydrogen-bond acceptors (Lipinski definition) is 5. The van der Waals surface area contributed by atoms with E-state index in [-0.39, 0.29) is 11.8 Å². The van der Waals surface area contributed by atoms with Crippen molar-refractivity contribution in [1.82, 2.24) is 0 Å². The van der Waals surface area contributed by atoms with Crippen LogP contribution in [0.4, 0.5) is 11.4 Å². The Morgan fingerprint density at radius 1 is 0.633 bits per heavy atom. The lowest BCUT2D eigenvalue weighted by atomic mass is 10.1. The zero-order chi connectivity index (χ0) is 21.5. The minimum absolute atomic E-state index is 0.252. The highest BCUT2D eigenvalue weighted by molar-refractivity contribution is 6.06. The maximum Gasteiger partial charge on any atom is 0.255 e. The minimum atomic E-state index is -0.300. The fraction of sp³-hybridized carbons (Fsp3) is 0.130. The molecule has 3 aromatic carbocycles. The molecule has 2 amide bonds. The van der Waals surface area contributed by atoms with Crippen LogP contribution >= 0.6 is 0 Å². The highest BCUT2D eigenvalue weighted by atomic mass is 16.5. The molecule has 2 N–H and O–H groups in total. The molecule has 0 spiro atoms. The molecule has 0 saturated carbocycles. The van der Waals surface area contributed by atoms with Crippen LogP contribution in [-0.2, 0) is 0 Å². The molecule has 0 fully saturated rings. The molecular weight excluding hydrogens is 384 g/mol. The van der Waals surface area contributed by atoms with Crippen LogP contribution in [0.2, 0.25) is 0 Å². The summed E-state index contributed by atoms with van der Waals surface area (Å²) in [5.74, 6) is 1.24. The molecule has 0 unspecified atom stereocenters. The number of nitrogens with one attached hydrogen (secondary N) is 2. The Bertz CT molecular complexity index is 1030. The number of amides is 2. The summed E-state index contributed by atoms with van der Waals surface area (Å²) in [6, 6.07) is 18.5. The molecule has 0 heterocycles. The van der Waals surface area contributed by atoms with Crippen molar-refractivity contribution in [3.8, 4) is 17.2 Å². The van der Waals surface area contributed by atoms with E-state index in [1.165, 1.54) is 7.11 Å². The smallest absolute Gasteiger partial charge is 0.255 e. The maximum atomic E-state index is 12.6. The number of rotatable bonds is 7. The Kier molecular flexibility index (Phi) is 6.54. The number of benzene rings is 3. The van der Waals surface area contributed by atoms with Crippen LogP contribution in [0.3, 0.4) is 0 Å². The van der Waals surface area contributed by atoms with Crippen LogP contribution in [0.15, 0.2) is 66.7 Å². The summed E-state index contributed by atoms with van der Waals surface area (Å²) in [5, 5.41) is 5.60. The van der Waals surface area contributed by atoms with Crippen molar-refractivity contribution in [2.75, 3.05) is 32.0 Å². The van der Waals surface area contributed by atoms with Gasteiger partial charge in [0, 0.05) is 22.9 Å². The van der Waals surface area contributed by atoms with Gasteiger partial charge in [-0.2, -0.15) is 0 Å². The minimum Gasteiger partial charge on any atom is -0.497 e. The number of carbonyl (C=O) groups excluding carboxylic acids is 2. The predicted molar refractivity (Wildman–Crippen MR) is 115 cm³/mol. The quantitative estimate of drug-likeness (QED) is 0.614. The van der Waals surface area contributed by atoms with Crippen molar-refractivity contribution in [2.45, 2.75) is 0 Å². The molecular formula is C23H22N2O5. The van der Waals surface area contributed by atoms with Crippen LogP contribution in [0.1, 0.15) is 20.7 Å². The lowest BCUT2D eigenvalue weighted by molar-refractivity contribution is 0.101. The topological polar surface area (TPSA) is 85.9 Å². The SMILES string of the molecule is COc1ccc(C(=O)Nc2ccc(C(=O)Nc3ccc(OC)cc3OC)cc2)cc1. The molecule has 0 saturated heterocycles. The van der Waals surface area contributed by atoms with E-state index in [0.29, 0.717) is 39.8 Å². The van der Waals surface area contributed by atoms with Crippen LogP contribution in [0.5, 0.6) is 17.2 Å². The lowest BCUT2D eigenvalue weighted by Gasteiger charge is -2.12. The van der Waals surface area contributed by atoms with E-state index >= 15 is 0 Å². The Hall–Kier alpha value is -4.00. The number of anilines is 2. The van der Waals surface area contributed by atoms with Crippen molar-refractivity contribution >= 4 is 23.2 Å². The molecule has 0 atom stereocenters. The normalized spacial score (nSPS) is 10.1. The Morgan fingerprint density at radius 3 is 1.73 bits per heavy atom. The molecule has 154 valence electrons. The highest BCUT2D eigenvalue weighted by Crippen LogP contribution is 2.29. The third-order valence-electron chi connectivity index (χ3n) is 4.41. The van der Waals surface area contributed by atoms with Gasteiger partial charge >= 0.3 is 0 Å². The van der Waals surface area contributed by atoms with E-state index in [2.05, 4.69) is 10.6 Å². The van der Waals surface area contributed by atoms with Gasteiger partial charge in [0.15, 0.2) is 0 Å². The third-order valence-corrected chi connectivity index (χ3v) is 4.41. The van der Waals surface area contributed by atoms with Gasteiger partial charge in [-0.1, -0.05) is 0 Å². The summed E-state index contributed by atoms with van der Waals surface area (Å²) in [6.45, 7) is 0. The van der Waals surface area contributed by atoms with Crippen LogP contribution in [0, 0.1) is 0 Å². The predicted octanol–water partition coefficient (Wildman–Crippen LogP) is 4.22. The number of methoxy groups -OCH3 is 3. The van der Waals surface area contributed by atoms with Gasteiger partial charge in [0.05, 0.1) is 27.0 Å². The van der Waals surface area contributed by atoms with Gasteiger partial charge in [-0.3, -0.25) is 9.59 Å². The van der Waals surface area contributed by atoms with E-state index in [4.69, 9.17) is 14.2 Å². The molecule has 0 aliphatic rings. The zero-order valence-corrected chi connectivity index (χ0v) is 16.9. The summed E-state index contributed by atoms with van der Waals surface area (Å²) in [4.78, 5) is 24.9. The molecule has 0 radical (unpaired) electrons. The van der Waals surface area contributed by atoms with Gasteiger partial charge in [-0.05, 0) is 60.7 Å². The first-order valence-electron chi connectivity index (χ1n) is 9.13. The summed E-state index contributed by atoms with van der Waals surface area (Å²) >= 11 is 0. The molecule has 0 bridgehead atoms. The highest BCUT2D eigenvalue weighted by Gasteiger charge is 2.12. The Balaban J connectivity index is 1.66. The molecule has 7 heteroatoms. The number of ether oxygens (including phenoxy) is 3. The Labute approximate surface area is 174 Å². The second-order valence-corrected chi connectivity index (χ2v) is 6.28. The van der Waals surface area contributed by atoms with Gasteiger partial charge in [0.2, 0.25) is 0 Å². The zero-order valence-electron chi connectivity index (χ0n) is 16.9. The Morgan fingerprint density at radius 2 is 1.17 bits per heavy atom. The van der Waals surface area contributed by atoms with E-state index in [9.17, 15) is 9.59 Å².